The molecule has 2 aliphatic rings. The van der Waals surface area contributed by atoms with Crippen LogP contribution in [0, 0.1) is 0 Å². The summed E-state index contributed by atoms with van der Waals surface area (Å²) < 4.78 is 10.7. The summed E-state index contributed by atoms with van der Waals surface area (Å²) in [6.45, 7) is 0. The van der Waals surface area contributed by atoms with Crippen LogP contribution in [0.4, 0.5) is 0 Å². The van der Waals surface area contributed by atoms with Gasteiger partial charge in [0.2, 0.25) is 0 Å². The first-order chi connectivity index (χ1) is 13.6. The molecule has 1 unspecified atom stereocenters. The Balaban J connectivity index is 1.98. The molecule has 2 aromatic carbocycles. The number of nitrogens with one attached hydrogen (secondary N) is 1. The number of rotatable bonds is 3. The van der Waals surface area contributed by atoms with Crippen LogP contribution in [0.1, 0.15) is 11.7 Å². The van der Waals surface area contributed by atoms with Gasteiger partial charge in [-0.3, -0.25) is 15.1 Å². The van der Waals surface area contributed by atoms with Gasteiger partial charge < -0.3 is 9.47 Å². The third kappa shape index (κ3) is 2.98. The van der Waals surface area contributed by atoms with Crippen LogP contribution in [-0.4, -0.2) is 36.6 Å². The van der Waals surface area contributed by atoms with E-state index in [0.717, 1.165) is 5.22 Å². The molecule has 1 amide bonds. The average molecular weight is 417 g/mol. The normalized spacial score (nSPS) is 17.8. The van der Waals surface area contributed by atoms with Crippen LogP contribution in [-0.2, 0) is 4.79 Å². The zero-order chi connectivity index (χ0) is 19.8. The van der Waals surface area contributed by atoms with Crippen LogP contribution >= 0.6 is 23.4 Å². The second-order valence-electron chi connectivity index (χ2n) is 6.01. The molecule has 0 saturated heterocycles. The first-order valence-corrected chi connectivity index (χ1v) is 9.99. The summed E-state index contributed by atoms with van der Waals surface area (Å²) in [6, 6.07) is 10.9. The average Bonchev–Trinajstić information content (AvgIpc) is 2.72. The number of para-hydroxylation sites is 1. The molecule has 4 rings (SSSR count). The zero-order valence-corrected chi connectivity index (χ0v) is 17.0. The summed E-state index contributed by atoms with van der Waals surface area (Å²) >= 11 is 7.90. The Bertz CT molecular complexity index is 1120. The third-order valence-electron chi connectivity index (χ3n) is 4.49. The predicted molar refractivity (Wildman–Crippen MR) is 109 cm³/mol. The lowest BCUT2D eigenvalue weighted by atomic mass is 10.1. The summed E-state index contributed by atoms with van der Waals surface area (Å²) in [4.78, 5) is 17.7. The van der Waals surface area contributed by atoms with Crippen molar-refractivity contribution in [3.63, 3.8) is 0 Å². The molecule has 144 valence electrons. The van der Waals surface area contributed by atoms with E-state index in [-0.39, 0.29) is 5.91 Å². The monoisotopic (exact) mass is 416 g/mol. The Morgan fingerprint density at radius 1 is 1.18 bits per heavy atom. The Kier molecular flexibility index (Phi) is 4.91. The van der Waals surface area contributed by atoms with Gasteiger partial charge in [-0.25, -0.2) is 5.01 Å². The quantitative estimate of drug-likeness (QED) is 0.826. The van der Waals surface area contributed by atoms with E-state index in [0.29, 0.717) is 38.3 Å². The molecule has 0 bridgehead atoms. The summed E-state index contributed by atoms with van der Waals surface area (Å²) in [5.41, 5.74) is 1.09. The van der Waals surface area contributed by atoms with Gasteiger partial charge >= 0.3 is 0 Å². The number of carbonyl (C=O) groups excluding carboxylic acids is 1. The lowest BCUT2D eigenvalue weighted by molar-refractivity contribution is -0.116. The number of hydrazone groups is 1. The molecule has 1 atom stereocenters. The van der Waals surface area contributed by atoms with Crippen LogP contribution in [0.3, 0.4) is 0 Å². The molecule has 0 spiro atoms. The van der Waals surface area contributed by atoms with Gasteiger partial charge in [-0.15, -0.1) is 5.10 Å². The van der Waals surface area contributed by atoms with E-state index < -0.39 is 6.17 Å². The van der Waals surface area contributed by atoms with Crippen molar-refractivity contribution >= 4 is 40.1 Å². The molecule has 1 N–H and O–H groups in total. The van der Waals surface area contributed by atoms with Crippen molar-refractivity contribution in [3.05, 3.63) is 57.6 Å². The Hall–Kier alpha value is -2.71. The van der Waals surface area contributed by atoms with Crippen molar-refractivity contribution in [2.75, 3.05) is 20.5 Å². The van der Waals surface area contributed by atoms with Gasteiger partial charge in [0.25, 0.3) is 5.91 Å². The largest absolute Gasteiger partial charge is 0.493 e. The third-order valence-corrected chi connectivity index (χ3v) is 5.39. The maximum Gasteiger partial charge on any atom is 0.276 e. The predicted octanol–water partition coefficient (Wildman–Crippen LogP) is 1.86. The number of thioether (sulfide) groups is 1. The standard InChI is InChI=1S/C19H17ClN4O3S/c1-26-14-8-11(12(20)9-15(14)27-2)17-21-13-7-5-4-6-10(13)16-18(25)22-19(28-3)23-24(16)17/h4-9,17H,1-3H3,(H,22,23,25). The van der Waals surface area contributed by atoms with Crippen molar-refractivity contribution in [1.29, 1.82) is 0 Å². The number of carbonyl (C=O) groups is 1. The maximum absolute atomic E-state index is 12.8. The van der Waals surface area contributed by atoms with Crippen LogP contribution in [0.25, 0.3) is 5.70 Å². The lowest BCUT2D eigenvalue weighted by Gasteiger charge is -2.34. The number of hydrogen-bond acceptors (Lipinski definition) is 7. The van der Waals surface area contributed by atoms with E-state index in [9.17, 15) is 4.79 Å². The van der Waals surface area contributed by atoms with Crippen LogP contribution < -0.4 is 25.4 Å². The molecule has 0 saturated carbocycles. The number of nitrogens with zero attached hydrogens (tertiary/aromatic N) is 3. The molecule has 0 radical (unpaired) electrons. The second kappa shape index (κ2) is 7.37. The van der Waals surface area contributed by atoms with Crippen molar-refractivity contribution < 1.29 is 14.3 Å². The fourth-order valence-electron chi connectivity index (χ4n) is 3.19. The number of methoxy groups -OCH3 is 2. The van der Waals surface area contributed by atoms with Gasteiger partial charge in [0.05, 0.1) is 24.6 Å². The number of halogens is 1. The highest BCUT2D eigenvalue weighted by Gasteiger charge is 2.35. The van der Waals surface area contributed by atoms with Gasteiger partial charge in [-0.1, -0.05) is 41.6 Å². The van der Waals surface area contributed by atoms with Crippen LogP contribution in [0.5, 0.6) is 11.5 Å². The van der Waals surface area contributed by atoms with E-state index >= 15 is 0 Å². The number of amides is 1. The Morgan fingerprint density at radius 3 is 2.61 bits per heavy atom. The van der Waals surface area contributed by atoms with Gasteiger partial charge in [0, 0.05) is 16.8 Å². The fourth-order valence-corrected chi connectivity index (χ4v) is 3.81. The molecule has 0 fully saturated rings. The smallest absolute Gasteiger partial charge is 0.276 e. The number of ether oxygens (including phenoxy) is 2. The Labute approximate surface area is 170 Å². The van der Waals surface area contributed by atoms with Crippen molar-refractivity contribution in [3.8, 4) is 11.5 Å². The summed E-state index contributed by atoms with van der Waals surface area (Å²) in [5.74, 6) is 0.803. The first-order valence-electron chi connectivity index (χ1n) is 8.39. The molecule has 28 heavy (non-hydrogen) atoms. The maximum atomic E-state index is 12.8. The topological polar surface area (TPSA) is 75.5 Å². The number of amidine groups is 1. The number of benzene rings is 2. The summed E-state index contributed by atoms with van der Waals surface area (Å²) in [7, 11) is 3.10. The van der Waals surface area contributed by atoms with E-state index in [4.69, 9.17) is 26.1 Å². The van der Waals surface area contributed by atoms with Crippen molar-refractivity contribution in [2.24, 2.45) is 10.1 Å². The second-order valence-corrected chi connectivity index (χ2v) is 7.21. The fraction of sp³-hybridized carbons (Fsp3) is 0.211. The van der Waals surface area contributed by atoms with E-state index in [1.165, 1.54) is 11.8 Å². The SMILES string of the molecule is COc1cc(Cl)c(C2N=c3ccccc3=C3C(=O)NC(SC)=NN32)cc1OC. The molecule has 7 nitrogen and oxygen atoms in total. The highest BCUT2D eigenvalue weighted by atomic mass is 35.5. The number of hydrogen-bond donors (Lipinski definition) is 1. The van der Waals surface area contributed by atoms with Crippen LogP contribution in [0.15, 0.2) is 46.5 Å². The zero-order valence-electron chi connectivity index (χ0n) is 15.4. The molecule has 9 heteroatoms. The molecule has 2 aromatic rings. The molecular formula is C19H17ClN4O3S. The minimum absolute atomic E-state index is 0.233. The van der Waals surface area contributed by atoms with Gasteiger partial charge in [-0.05, 0) is 18.4 Å². The van der Waals surface area contributed by atoms with Gasteiger partial charge in [0.15, 0.2) is 22.8 Å². The molecule has 2 aliphatic heterocycles. The molecule has 0 aliphatic carbocycles. The minimum atomic E-state index is -0.620. The van der Waals surface area contributed by atoms with E-state index in [2.05, 4.69) is 10.4 Å². The highest BCUT2D eigenvalue weighted by Crippen LogP contribution is 2.40. The first kappa shape index (κ1) is 18.6. The Morgan fingerprint density at radius 2 is 1.89 bits per heavy atom. The van der Waals surface area contributed by atoms with Crippen molar-refractivity contribution in [1.82, 2.24) is 10.3 Å². The van der Waals surface area contributed by atoms with Gasteiger partial charge in [0.1, 0.15) is 5.70 Å². The van der Waals surface area contributed by atoms with Crippen molar-refractivity contribution in [2.45, 2.75) is 6.17 Å². The molecule has 2 heterocycles. The van der Waals surface area contributed by atoms with Crippen LogP contribution in [0.2, 0.25) is 5.02 Å². The minimum Gasteiger partial charge on any atom is -0.493 e. The summed E-state index contributed by atoms with van der Waals surface area (Å²) in [5, 5.41) is 11.4. The van der Waals surface area contributed by atoms with Gasteiger partial charge in [-0.2, -0.15) is 0 Å². The molecule has 0 aromatic heterocycles. The van der Waals surface area contributed by atoms with E-state index in [1.807, 2.05) is 30.5 Å². The highest BCUT2D eigenvalue weighted by molar-refractivity contribution is 8.13. The molecular weight excluding hydrogens is 400 g/mol. The lowest BCUT2D eigenvalue weighted by Crippen LogP contribution is -2.50. The van der Waals surface area contributed by atoms with E-state index in [1.54, 1.807) is 31.4 Å². The number of fused-ring (bicyclic) bond motifs is 2. The summed E-state index contributed by atoms with van der Waals surface area (Å²) in [6.07, 6.45) is 1.22.